The lowest BCUT2D eigenvalue weighted by atomic mass is 10.1. The van der Waals surface area contributed by atoms with E-state index >= 15 is 0 Å². The Morgan fingerprint density at radius 2 is 1.92 bits per heavy atom. The Bertz CT molecular complexity index is 660. The van der Waals surface area contributed by atoms with E-state index < -0.39 is 42.9 Å². The Labute approximate surface area is 144 Å². The van der Waals surface area contributed by atoms with Gasteiger partial charge in [-0.1, -0.05) is 15.9 Å². The van der Waals surface area contributed by atoms with Crippen molar-refractivity contribution < 1.29 is 38.9 Å². The third-order valence-corrected chi connectivity index (χ3v) is 3.24. The van der Waals surface area contributed by atoms with Crippen molar-refractivity contribution in [2.24, 2.45) is 0 Å². The van der Waals surface area contributed by atoms with Crippen LogP contribution in [0, 0.1) is 0 Å². The molecule has 0 heterocycles. The third-order valence-electron chi connectivity index (χ3n) is 2.74. The fourth-order valence-corrected chi connectivity index (χ4v) is 1.95. The summed E-state index contributed by atoms with van der Waals surface area (Å²) in [5.74, 6) is -4.38. The van der Waals surface area contributed by atoms with E-state index in [0.717, 1.165) is 0 Å². The van der Waals surface area contributed by atoms with Gasteiger partial charge in [-0.2, -0.15) is 0 Å². The number of carboxylic acid groups (broad SMARTS) is 2. The number of benzene rings is 1. The summed E-state index contributed by atoms with van der Waals surface area (Å²) in [6, 6.07) is 2.65. The number of esters is 1. The molecule has 1 amide bonds. The highest BCUT2D eigenvalue weighted by Crippen LogP contribution is 2.24. The quantitative estimate of drug-likeness (QED) is 0.537. The van der Waals surface area contributed by atoms with Gasteiger partial charge in [-0.15, -0.1) is 0 Å². The van der Waals surface area contributed by atoms with Gasteiger partial charge in [0.05, 0.1) is 19.1 Å². The van der Waals surface area contributed by atoms with Gasteiger partial charge in [0, 0.05) is 4.47 Å². The molecular formula is C14H14BrNO8. The molecule has 1 aromatic carbocycles. The molecule has 0 spiro atoms. The van der Waals surface area contributed by atoms with Gasteiger partial charge in [-0.3, -0.25) is 9.59 Å². The number of carboxylic acids is 2. The number of halogens is 1. The maximum absolute atomic E-state index is 12.2. The fraction of sp³-hybridized carbons (Fsp3) is 0.286. The topological polar surface area (TPSA) is 139 Å². The van der Waals surface area contributed by atoms with Crippen LogP contribution in [0.15, 0.2) is 22.7 Å². The van der Waals surface area contributed by atoms with E-state index in [-0.39, 0.29) is 11.3 Å². The first-order chi connectivity index (χ1) is 11.2. The number of nitrogens with one attached hydrogen (secondary N) is 1. The summed E-state index contributed by atoms with van der Waals surface area (Å²) in [5, 5.41) is 19.7. The molecule has 0 saturated carbocycles. The van der Waals surface area contributed by atoms with Gasteiger partial charge in [0.15, 0.2) is 6.61 Å². The average molecular weight is 404 g/mol. The van der Waals surface area contributed by atoms with Crippen LogP contribution in [-0.4, -0.2) is 53.8 Å². The average Bonchev–Trinajstić information content (AvgIpc) is 2.51. The SMILES string of the molecule is COC(=O)COc1cc(Br)ccc1C(=O)NC(CC(=O)O)C(=O)O. The summed E-state index contributed by atoms with van der Waals surface area (Å²) < 4.78 is 10.2. The van der Waals surface area contributed by atoms with Crippen LogP contribution in [0.3, 0.4) is 0 Å². The highest BCUT2D eigenvalue weighted by atomic mass is 79.9. The van der Waals surface area contributed by atoms with E-state index in [1.54, 1.807) is 0 Å². The third kappa shape index (κ3) is 5.88. The zero-order chi connectivity index (χ0) is 18.3. The molecule has 130 valence electrons. The largest absolute Gasteiger partial charge is 0.481 e. The van der Waals surface area contributed by atoms with Crippen molar-refractivity contribution in [1.29, 1.82) is 0 Å². The second-order valence-corrected chi connectivity index (χ2v) is 5.38. The van der Waals surface area contributed by atoms with Crippen molar-refractivity contribution in [3.63, 3.8) is 0 Å². The van der Waals surface area contributed by atoms with Crippen molar-refractivity contribution in [2.75, 3.05) is 13.7 Å². The van der Waals surface area contributed by atoms with E-state index in [1.807, 2.05) is 0 Å². The van der Waals surface area contributed by atoms with Gasteiger partial charge in [-0.25, -0.2) is 9.59 Å². The smallest absolute Gasteiger partial charge is 0.343 e. The Morgan fingerprint density at radius 1 is 1.25 bits per heavy atom. The monoisotopic (exact) mass is 403 g/mol. The fourth-order valence-electron chi connectivity index (χ4n) is 1.61. The zero-order valence-electron chi connectivity index (χ0n) is 12.4. The first-order valence-corrected chi connectivity index (χ1v) is 7.28. The molecule has 0 aliphatic carbocycles. The molecule has 0 radical (unpaired) electrons. The lowest BCUT2D eigenvalue weighted by Crippen LogP contribution is -2.42. The summed E-state index contributed by atoms with van der Waals surface area (Å²) in [7, 11) is 1.17. The van der Waals surface area contributed by atoms with Crippen LogP contribution in [-0.2, 0) is 19.1 Å². The number of methoxy groups -OCH3 is 1. The maximum atomic E-state index is 12.2. The van der Waals surface area contributed by atoms with E-state index in [1.165, 1.54) is 25.3 Å². The van der Waals surface area contributed by atoms with Crippen LogP contribution in [0.2, 0.25) is 0 Å². The van der Waals surface area contributed by atoms with E-state index in [9.17, 15) is 19.2 Å². The van der Waals surface area contributed by atoms with Crippen molar-refractivity contribution in [2.45, 2.75) is 12.5 Å². The molecular weight excluding hydrogens is 390 g/mol. The first kappa shape index (κ1) is 19.4. The highest BCUT2D eigenvalue weighted by molar-refractivity contribution is 9.10. The summed E-state index contributed by atoms with van der Waals surface area (Å²) in [5.41, 5.74) is -0.0567. The van der Waals surface area contributed by atoms with Crippen LogP contribution >= 0.6 is 15.9 Å². The molecule has 0 aliphatic heterocycles. The standard InChI is InChI=1S/C14H14BrNO8/c1-23-12(19)6-24-10-4-7(15)2-3-8(10)13(20)16-9(14(21)22)5-11(17)18/h2-4,9H,5-6H2,1H3,(H,16,20)(H,17,18)(H,21,22). The minimum absolute atomic E-state index is 0.00624. The number of rotatable bonds is 8. The molecule has 1 rings (SSSR count). The van der Waals surface area contributed by atoms with E-state index in [2.05, 4.69) is 26.0 Å². The molecule has 24 heavy (non-hydrogen) atoms. The number of carbonyl (C=O) groups is 4. The van der Waals surface area contributed by atoms with Crippen LogP contribution in [0.1, 0.15) is 16.8 Å². The molecule has 1 aromatic rings. The maximum Gasteiger partial charge on any atom is 0.343 e. The number of aliphatic carboxylic acids is 2. The summed E-state index contributed by atoms with van der Waals surface area (Å²) in [6.45, 7) is -0.454. The number of hydrogen-bond acceptors (Lipinski definition) is 6. The molecule has 10 heteroatoms. The van der Waals surface area contributed by atoms with Crippen LogP contribution in [0.5, 0.6) is 5.75 Å². The Morgan fingerprint density at radius 3 is 2.46 bits per heavy atom. The zero-order valence-corrected chi connectivity index (χ0v) is 14.0. The van der Waals surface area contributed by atoms with Crippen molar-refractivity contribution >= 4 is 39.7 Å². The molecule has 9 nitrogen and oxygen atoms in total. The number of ether oxygens (including phenoxy) is 2. The molecule has 0 fully saturated rings. The van der Waals surface area contributed by atoms with Crippen LogP contribution in [0.25, 0.3) is 0 Å². The van der Waals surface area contributed by atoms with Gasteiger partial charge in [0.1, 0.15) is 11.8 Å². The molecule has 0 saturated heterocycles. The lowest BCUT2D eigenvalue weighted by Gasteiger charge is -2.15. The number of carbonyl (C=O) groups excluding carboxylic acids is 2. The molecule has 0 aliphatic rings. The first-order valence-electron chi connectivity index (χ1n) is 6.49. The van der Waals surface area contributed by atoms with Gasteiger partial charge in [0.25, 0.3) is 5.91 Å². The van der Waals surface area contributed by atoms with Crippen molar-refractivity contribution in [3.05, 3.63) is 28.2 Å². The molecule has 0 bridgehead atoms. The van der Waals surface area contributed by atoms with Gasteiger partial charge < -0.3 is 25.0 Å². The molecule has 3 N–H and O–H groups in total. The second-order valence-electron chi connectivity index (χ2n) is 4.47. The molecule has 0 aromatic heterocycles. The predicted molar refractivity (Wildman–Crippen MR) is 82.8 cm³/mol. The summed E-state index contributed by atoms with van der Waals surface area (Å²) in [4.78, 5) is 45.0. The van der Waals surface area contributed by atoms with Gasteiger partial charge >= 0.3 is 17.9 Å². The molecule has 1 unspecified atom stereocenters. The second kappa shape index (κ2) is 8.87. The Kier molecular flexibility index (Phi) is 7.18. The van der Waals surface area contributed by atoms with Gasteiger partial charge in [-0.05, 0) is 18.2 Å². The normalized spacial score (nSPS) is 11.2. The number of amides is 1. The summed E-state index contributed by atoms with van der Waals surface area (Å²) >= 11 is 3.18. The lowest BCUT2D eigenvalue weighted by molar-refractivity contribution is -0.145. The van der Waals surface area contributed by atoms with Crippen molar-refractivity contribution in [1.82, 2.24) is 5.32 Å². The van der Waals surface area contributed by atoms with E-state index in [0.29, 0.717) is 4.47 Å². The van der Waals surface area contributed by atoms with Gasteiger partial charge in [0.2, 0.25) is 0 Å². The number of hydrogen-bond donors (Lipinski definition) is 3. The summed E-state index contributed by atoms with van der Waals surface area (Å²) in [6.07, 6.45) is -0.782. The van der Waals surface area contributed by atoms with Crippen molar-refractivity contribution in [3.8, 4) is 5.75 Å². The van der Waals surface area contributed by atoms with E-state index in [4.69, 9.17) is 14.9 Å². The Hall–Kier alpha value is -2.62. The Balaban J connectivity index is 2.98. The predicted octanol–water partition coefficient (Wildman–Crippen LogP) is 0.659. The minimum atomic E-state index is -1.60. The van der Waals surface area contributed by atoms with Crippen LogP contribution < -0.4 is 10.1 Å². The highest BCUT2D eigenvalue weighted by Gasteiger charge is 2.25. The van der Waals surface area contributed by atoms with Crippen LogP contribution in [0.4, 0.5) is 0 Å². The minimum Gasteiger partial charge on any atom is -0.481 e. The molecule has 1 atom stereocenters.